The number of aromatic nitrogens is 1. The average Bonchev–Trinajstić information content (AvgIpc) is 3.17. The van der Waals surface area contributed by atoms with E-state index in [1.807, 2.05) is 0 Å². The minimum Gasteiger partial charge on any atom is -0.460 e. The Hall–Kier alpha value is -3.30. The third-order valence-corrected chi connectivity index (χ3v) is 6.78. The van der Waals surface area contributed by atoms with Gasteiger partial charge in [-0.25, -0.2) is 4.98 Å². The normalized spacial score (nSPS) is 14.8. The molecule has 0 spiro atoms. The molecule has 0 bridgehead atoms. The summed E-state index contributed by atoms with van der Waals surface area (Å²) in [4.78, 5) is 4.18. The molecule has 7 nitrogen and oxygen atoms in total. The fourth-order valence-electron chi connectivity index (χ4n) is 3.02. The van der Waals surface area contributed by atoms with E-state index in [2.05, 4.69) is 14.7 Å². The Morgan fingerprint density at radius 2 is 1.97 bits per heavy atom. The number of benzene rings is 1. The summed E-state index contributed by atoms with van der Waals surface area (Å²) >= 11 is 0.766. The maximum Gasteiger partial charge on any atom is 0.417 e. The van der Waals surface area contributed by atoms with Crippen molar-refractivity contribution in [1.82, 2.24) is 4.98 Å². The van der Waals surface area contributed by atoms with E-state index in [4.69, 9.17) is 4.42 Å². The van der Waals surface area contributed by atoms with Gasteiger partial charge in [-0.05, 0) is 37.3 Å². The smallest absolute Gasteiger partial charge is 0.417 e. The number of aryl methyl sites for hydroxylation is 1. The SMILES string of the molecule is Cc1ccc(-c2cc(C(F)(F)F)c(C#N)c(SCC3=NS(=O)(=O)c4ccccc4N3)n2)o1. The first kappa shape index (κ1) is 21.9. The van der Waals surface area contributed by atoms with Crippen LogP contribution in [0, 0.1) is 18.3 Å². The molecule has 0 atom stereocenters. The number of anilines is 1. The van der Waals surface area contributed by atoms with Crippen molar-refractivity contribution in [2.45, 2.75) is 23.0 Å². The topological polar surface area (TPSA) is 108 Å². The Balaban J connectivity index is 1.72. The van der Waals surface area contributed by atoms with E-state index in [1.165, 1.54) is 12.1 Å². The van der Waals surface area contributed by atoms with E-state index in [1.54, 1.807) is 37.3 Å². The van der Waals surface area contributed by atoms with Crippen molar-refractivity contribution in [2.24, 2.45) is 4.40 Å². The lowest BCUT2D eigenvalue weighted by atomic mass is 10.1. The molecule has 1 N–H and O–H groups in total. The number of pyridine rings is 1. The van der Waals surface area contributed by atoms with Crippen LogP contribution in [0.2, 0.25) is 0 Å². The van der Waals surface area contributed by atoms with Gasteiger partial charge in [-0.3, -0.25) is 0 Å². The van der Waals surface area contributed by atoms with Gasteiger partial charge in [0.25, 0.3) is 10.0 Å². The van der Waals surface area contributed by atoms with Crippen molar-refractivity contribution in [3.63, 3.8) is 0 Å². The largest absolute Gasteiger partial charge is 0.460 e. The molecule has 0 saturated heterocycles. The Bertz CT molecular complexity index is 1390. The van der Waals surface area contributed by atoms with Gasteiger partial charge < -0.3 is 9.73 Å². The number of nitrogens with zero attached hydrogens (tertiary/aromatic N) is 3. The van der Waals surface area contributed by atoms with Crippen LogP contribution in [-0.4, -0.2) is 25.0 Å². The molecule has 12 heteroatoms. The van der Waals surface area contributed by atoms with Crippen LogP contribution in [-0.2, 0) is 16.2 Å². The maximum atomic E-state index is 13.6. The molecule has 1 aromatic carbocycles. The number of para-hydroxylation sites is 1. The highest BCUT2D eigenvalue weighted by Gasteiger charge is 2.36. The second-order valence-corrected chi connectivity index (χ2v) is 9.21. The van der Waals surface area contributed by atoms with Crippen LogP contribution < -0.4 is 5.32 Å². The van der Waals surface area contributed by atoms with Gasteiger partial charge in [0.2, 0.25) is 0 Å². The fraction of sp³-hybridized carbons (Fsp3) is 0.150. The molecule has 0 unspecified atom stereocenters. The van der Waals surface area contributed by atoms with Crippen molar-refractivity contribution >= 4 is 33.3 Å². The van der Waals surface area contributed by atoms with Crippen molar-refractivity contribution < 1.29 is 26.0 Å². The van der Waals surface area contributed by atoms with Gasteiger partial charge in [-0.1, -0.05) is 23.9 Å². The second kappa shape index (κ2) is 7.99. The van der Waals surface area contributed by atoms with Gasteiger partial charge in [0.05, 0.1) is 22.6 Å². The van der Waals surface area contributed by atoms with Crippen LogP contribution in [0.3, 0.4) is 0 Å². The van der Waals surface area contributed by atoms with E-state index in [9.17, 15) is 26.9 Å². The number of thioether (sulfide) groups is 1. The molecule has 4 rings (SSSR count). The second-order valence-electron chi connectivity index (χ2n) is 6.68. The summed E-state index contributed by atoms with van der Waals surface area (Å²) in [5.41, 5.74) is -1.60. The lowest BCUT2D eigenvalue weighted by Gasteiger charge is -2.18. The molecule has 0 radical (unpaired) electrons. The molecule has 0 aliphatic carbocycles. The van der Waals surface area contributed by atoms with Gasteiger partial charge in [-0.2, -0.15) is 26.9 Å². The number of nitriles is 1. The summed E-state index contributed by atoms with van der Waals surface area (Å²) in [6, 6.07) is 11.5. The molecule has 1 aliphatic heterocycles. The van der Waals surface area contributed by atoms with E-state index < -0.39 is 27.3 Å². The number of hydrogen-bond donors (Lipinski definition) is 1. The van der Waals surface area contributed by atoms with Crippen LogP contribution in [0.1, 0.15) is 16.9 Å². The van der Waals surface area contributed by atoms with Crippen LogP contribution in [0.25, 0.3) is 11.5 Å². The van der Waals surface area contributed by atoms with E-state index >= 15 is 0 Å². The van der Waals surface area contributed by atoms with Gasteiger partial charge in [0.15, 0.2) is 5.76 Å². The number of nitrogens with one attached hydrogen (secondary N) is 1. The minimum absolute atomic E-state index is 0.000803. The average molecular weight is 478 g/mol. The summed E-state index contributed by atoms with van der Waals surface area (Å²) in [5, 5.41) is 12.0. The molecule has 0 fully saturated rings. The standard InChI is InChI=1S/C20H13F3N4O3S2/c1-11-6-7-16(30-11)15-8-13(20(21,22)23)12(9-24)19(26-15)31-10-18-25-14-4-2-3-5-17(14)32(28,29)27-18/h2-8H,10H2,1H3,(H,25,27). The summed E-state index contributed by atoms with van der Waals surface area (Å²) in [6.45, 7) is 1.64. The third kappa shape index (κ3) is 4.21. The molecule has 3 aromatic rings. The molecule has 0 saturated carbocycles. The first-order valence-corrected chi connectivity index (χ1v) is 11.4. The Kier molecular flexibility index (Phi) is 5.47. The van der Waals surface area contributed by atoms with Crippen molar-refractivity contribution in [3.05, 3.63) is 59.4 Å². The first-order valence-electron chi connectivity index (χ1n) is 9.00. The van der Waals surface area contributed by atoms with Crippen LogP contribution in [0.15, 0.2) is 61.2 Å². The molecular weight excluding hydrogens is 465 g/mol. The maximum absolute atomic E-state index is 13.6. The zero-order valence-electron chi connectivity index (χ0n) is 16.3. The zero-order chi connectivity index (χ0) is 23.1. The Morgan fingerprint density at radius 1 is 1.22 bits per heavy atom. The summed E-state index contributed by atoms with van der Waals surface area (Å²) in [7, 11) is -3.96. The van der Waals surface area contributed by atoms with E-state index in [-0.39, 0.29) is 33.0 Å². The molecular formula is C20H13F3N4O3S2. The predicted octanol–water partition coefficient (Wildman–Crippen LogP) is 4.85. The third-order valence-electron chi connectivity index (χ3n) is 4.42. The lowest BCUT2D eigenvalue weighted by Crippen LogP contribution is -2.23. The quantitative estimate of drug-likeness (QED) is 0.534. The zero-order valence-corrected chi connectivity index (χ0v) is 17.9. The van der Waals surface area contributed by atoms with Crippen molar-refractivity contribution in [3.8, 4) is 17.5 Å². The number of halogens is 3. The number of alkyl halides is 3. The molecule has 164 valence electrons. The number of rotatable bonds is 4. The Morgan fingerprint density at radius 3 is 2.62 bits per heavy atom. The summed E-state index contributed by atoms with van der Waals surface area (Å²) < 4.78 is 74.8. The van der Waals surface area contributed by atoms with E-state index in [0.717, 1.165) is 17.8 Å². The first-order chi connectivity index (χ1) is 15.1. The van der Waals surface area contributed by atoms with Crippen molar-refractivity contribution in [1.29, 1.82) is 5.26 Å². The molecule has 2 aromatic heterocycles. The van der Waals surface area contributed by atoms with Gasteiger partial charge in [0.1, 0.15) is 33.3 Å². The minimum atomic E-state index is -4.80. The number of hydrogen-bond acceptors (Lipinski definition) is 7. The summed E-state index contributed by atoms with van der Waals surface area (Å²) in [6.07, 6.45) is -4.80. The molecule has 32 heavy (non-hydrogen) atoms. The molecule has 0 amide bonds. The molecule has 1 aliphatic rings. The van der Waals surface area contributed by atoms with Crippen molar-refractivity contribution in [2.75, 3.05) is 11.1 Å². The summed E-state index contributed by atoms with van der Waals surface area (Å²) in [5.74, 6) is 0.447. The van der Waals surface area contributed by atoms with E-state index in [0.29, 0.717) is 11.4 Å². The van der Waals surface area contributed by atoms with Crippen LogP contribution in [0.5, 0.6) is 0 Å². The number of fused-ring (bicyclic) bond motifs is 1. The monoisotopic (exact) mass is 478 g/mol. The van der Waals surface area contributed by atoms with Gasteiger partial charge in [-0.15, -0.1) is 4.40 Å². The van der Waals surface area contributed by atoms with Crippen LogP contribution >= 0.6 is 11.8 Å². The van der Waals surface area contributed by atoms with Crippen LogP contribution in [0.4, 0.5) is 18.9 Å². The highest BCUT2D eigenvalue weighted by Crippen LogP contribution is 2.38. The predicted molar refractivity (Wildman–Crippen MR) is 112 cm³/mol. The highest BCUT2D eigenvalue weighted by molar-refractivity contribution is 8.00. The van der Waals surface area contributed by atoms with Gasteiger partial charge >= 0.3 is 6.18 Å². The number of furan rings is 1. The molecule has 3 heterocycles. The number of sulfonamides is 1. The fourth-order valence-corrected chi connectivity index (χ4v) is 5.12. The Labute approximate surface area is 185 Å². The lowest BCUT2D eigenvalue weighted by molar-refractivity contribution is -0.138. The highest BCUT2D eigenvalue weighted by atomic mass is 32.2. The number of amidine groups is 1. The van der Waals surface area contributed by atoms with Gasteiger partial charge in [0, 0.05) is 0 Å².